The molecule has 0 spiro atoms. The number of rotatable bonds is 3. The topological polar surface area (TPSA) is 64.1 Å². The van der Waals surface area contributed by atoms with E-state index in [0.29, 0.717) is 12.4 Å². The Labute approximate surface area is 81.0 Å². The van der Waals surface area contributed by atoms with Gasteiger partial charge >= 0.3 is 0 Å². The van der Waals surface area contributed by atoms with Crippen LogP contribution in [0.25, 0.3) is 0 Å². The number of imidazole rings is 1. The number of aliphatic hydroxyl groups is 1. The smallest absolute Gasteiger partial charge is 0.137 e. The monoisotopic (exact) mass is 193 g/mol. The summed E-state index contributed by atoms with van der Waals surface area (Å²) in [5.74, 6) is 0.632. The second-order valence-electron chi connectivity index (χ2n) is 3.08. The first-order chi connectivity index (χ1) is 6.77. The fourth-order valence-corrected chi connectivity index (χ4v) is 1.32. The Bertz CT molecular complexity index is 392. The first kappa shape index (κ1) is 8.96. The second kappa shape index (κ2) is 3.63. The van der Waals surface area contributed by atoms with Crippen LogP contribution in [0.5, 0.6) is 0 Å². The molecule has 0 amide bonds. The Hall–Kier alpha value is -1.62. The molecule has 2 aromatic rings. The summed E-state index contributed by atoms with van der Waals surface area (Å²) in [6, 6.07) is 1.78. The van der Waals surface area contributed by atoms with Gasteiger partial charge in [0.2, 0.25) is 0 Å². The molecule has 1 atom stereocenters. The number of aliphatic hydroxyl groups excluding tert-OH is 1. The van der Waals surface area contributed by atoms with E-state index in [0.717, 1.165) is 5.69 Å². The van der Waals surface area contributed by atoms with E-state index in [1.165, 1.54) is 6.26 Å². The SMILES string of the molecule is CC(O)c1nccn1Cc1ccon1. The van der Waals surface area contributed by atoms with Crippen molar-refractivity contribution in [2.24, 2.45) is 0 Å². The third-order valence-corrected chi connectivity index (χ3v) is 1.94. The van der Waals surface area contributed by atoms with E-state index < -0.39 is 6.10 Å². The van der Waals surface area contributed by atoms with Gasteiger partial charge in [-0.2, -0.15) is 0 Å². The fraction of sp³-hybridized carbons (Fsp3) is 0.333. The van der Waals surface area contributed by atoms with Gasteiger partial charge in [-0.1, -0.05) is 5.16 Å². The van der Waals surface area contributed by atoms with Gasteiger partial charge < -0.3 is 14.2 Å². The molecular weight excluding hydrogens is 182 g/mol. The van der Waals surface area contributed by atoms with Crippen molar-refractivity contribution in [1.29, 1.82) is 0 Å². The highest BCUT2D eigenvalue weighted by Crippen LogP contribution is 2.10. The summed E-state index contributed by atoms with van der Waals surface area (Å²) >= 11 is 0. The number of hydrogen-bond donors (Lipinski definition) is 1. The lowest BCUT2D eigenvalue weighted by Gasteiger charge is -2.07. The van der Waals surface area contributed by atoms with Crippen molar-refractivity contribution in [3.8, 4) is 0 Å². The lowest BCUT2D eigenvalue weighted by atomic mass is 10.3. The molecule has 2 heterocycles. The van der Waals surface area contributed by atoms with Gasteiger partial charge in [-0.25, -0.2) is 4.98 Å². The highest BCUT2D eigenvalue weighted by molar-refractivity contribution is 5.02. The summed E-state index contributed by atoms with van der Waals surface area (Å²) in [5, 5.41) is 13.2. The van der Waals surface area contributed by atoms with Gasteiger partial charge in [0, 0.05) is 18.5 Å². The average molecular weight is 193 g/mol. The van der Waals surface area contributed by atoms with E-state index in [-0.39, 0.29) is 0 Å². The minimum atomic E-state index is -0.572. The van der Waals surface area contributed by atoms with Gasteiger partial charge in [-0.15, -0.1) is 0 Å². The van der Waals surface area contributed by atoms with Gasteiger partial charge in [0.1, 0.15) is 23.9 Å². The van der Waals surface area contributed by atoms with E-state index in [4.69, 9.17) is 4.52 Å². The van der Waals surface area contributed by atoms with E-state index in [9.17, 15) is 5.11 Å². The molecule has 1 N–H and O–H groups in total. The van der Waals surface area contributed by atoms with Crippen molar-refractivity contribution >= 4 is 0 Å². The molecular formula is C9H11N3O2. The predicted molar refractivity (Wildman–Crippen MR) is 48.5 cm³/mol. The maximum atomic E-state index is 9.39. The van der Waals surface area contributed by atoms with Crippen molar-refractivity contribution in [2.75, 3.05) is 0 Å². The number of aromatic nitrogens is 3. The van der Waals surface area contributed by atoms with Crippen molar-refractivity contribution in [1.82, 2.24) is 14.7 Å². The van der Waals surface area contributed by atoms with Crippen LogP contribution in [0.4, 0.5) is 0 Å². The minimum Gasteiger partial charge on any atom is -0.385 e. The summed E-state index contributed by atoms with van der Waals surface area (Å²) in [4.78, 5) is 4.05. The first-order valence-electron chi connectivity index (χ1n) is 4.35. The molecule has 74 valence electrons. The molecule has 2 rings (SSSR count). The fourth-order valence-electron chi connectivity index (χ4n) is 1.32. The lowest BCUT2D eigenvalue weighted by Crippen LogP contribution is -2.07. The minimum absolute atomic E-state index is 0.566. The van der Waals surface area contributed by atoms with Crippen molar-refractivity contribution in [3.05, 3.63) is 36.2 Å². The Morgan fingerprint density at radius 3 is 3.14 bits per heavy atom. The second-order valence-corrected chi connectivity index (χ2v) is 3.08. The third-order valence-electron chi connectivity index (χ3n) is 1.94. The Kier molecular flexibility index (Phi) is 2.32. The Morgan fingerprint density at radius 1 is 1.64 bits per heavy atom. The van der Waals surface area contributed by atoms with Gasteiger partial charge in [-0.3, -0.25) is 0 Å². The molecule has 0 aromatic carbocycles. The van der Waals surface area contributed by atoms with E-state index in [1.807, 2.05) is 4.57 Å². The normalized spacial score (nSPS) is 13.0. The zero-order valence-corrected chi connectivity index (χ0v) is 7.79. The van der Waals surface area contributed by atoms with Crippen LogP contribution in [0.1, 0.15) is 24.5 Å². The summed E-state index contributed by atoms with van der Waals surface area (Å²) < 4.78 is 6.55. The quantitative estimate of drug-likeness (QED) is 0.788. The van der Waals surface area contributed by atoms with E-state index in [1.54, 1.807) is 25.4 Å². The molecule has 0 fully saturated rings. The molecule has 2 aromatic heterocycles. The standard InChI is InChI=1S/C9H11N3O2/c1-7(13)9-10-3-4-12(9)6-8-2-5-14-11-8/h2-5,7,13H,6H2,1H3. The average Bonchev–Trinajstić information content (AvgIpc) is 2.75. The van der Waals surface area contributed by atoms with E-state index >= 15 is 0 Å². The van der Waals surface area contributed by atoms with E-state index in [2.05, 4.69) is 10.1 Å². The molecule has 1 unspecified atom stereocenters. The lowest BCUT2D eigenvalue weighted by molar-refractivity contribution is 0.184. The zero-order chi connectivity index (χ0) is 9.97. The summed E-state index contributed by atoms with van der Waals surface area (Å²) in [7, 11) is 0. The van der Waals surface area contributed by atoms with Crippen molar-refractivity contribution < 1.29 is 9.63 Å². The Balaban J connectivity index is 2.21. The van der Waals surface area contributed by atoms with Crippen LogP contribution in [0, 0.1) is 0 Å². The molecule has 0 saturated carbocycles. The molecule has 0 saturated heterocycles. The summed E-state index contributed by atoms with van der Waals surface area (Å²) in [6.07, 6.45) is 4.41. The maximum Gasteiger partial charge on any atom is 0.137 e. The van der Waals surface area contributed by atoms with Gasteiger partial charge in [-0.05, 0) is 6.92 Å². The highest BCUT2D eigenvalue weighted by Gasteiger charge is 2.09. The van der Waals surface area contributed by atoms with Gasteiger partial charge in [0.15, 0.2) is 0 Å². The molecule has 0 aliphatic carbocycles. The summed E-state index contributed by atoms with van der Waals surface area (Å²) in [6.45, 7) is 2.25. The molecule has 0 bridgehead atoms. The van der Waals surface area contributed by atoms with Gasteiger partial charge in [0.05, 0.1) is 6.54 Å². The molecule has 14 heavy (non-hydrogen) atoms. The maximum absolute atomic E-state index is 9.39. The van der Waals surface area contributed by atoms with Crippen molar-refractivity contribution in [2.45, 2.75) is 19.6 Å². The predicted octanol–water partition coefficient (Wildman–Crippen LogP) is 0.973. The van der Waals surface area contributed by atoms with Crippen LogP contribution in [0.15, 0.2) is 29.2 Å². The Morgan fingerprint density at radius 2 is 2.50 bits per heavy atom. The molecule has 5 heteroatoms. The van der Waals surface area contributed by atoms with Crippen LogP contribution >= 0.6 is 0 Å². The van der Waals surface area contributed by atoms with Crippen LogP contribution in [0.2, 0.25) is 0 Å². The molecule has 5 nitrogen and oxygen atoms in total. The molecule has 0 aliphatic heterocycles. The third kappa shape index (κ3) is 1.67. The molecule has 0 aliphatic rings. The number of hydrogen-bond acceptors (Lipinski definition) is 4. The van der Waals surface area contributed by atoms with Crippen molar-refractivity contribution in [3.63, 3.8) is 0 Å². The van der Waals surface area contributed by atoms with Crippen LogP contribution in [0.3, 0.4) is 0 Å². The van der Waals surface area contributed by atoms with Crippen LogP contribution in [-0.2, 0) is 6.54 Å². The first-order valence-corrected chi connectivity index (χ1v) is 4.35. The number of nitrogens with zero attached hydrogens (tertiary/aromatic N) is 3. The van der Waals surface area contributed by atoms with Crippen LogP contribution in [-0.4, -0.2) is 19.8 Å². The van der Waals surface area contributed by atoms with Crippen LogP contribution < -0.4 is 0 Å². The largest absolute Gasteiger partial charge is 0.385 e. The van der Waals surface area contributed by atoms with Gasteiger partial charge in [0.25, 0.3) is 0 Å². The summed E-state index contributed by atoms with van der Waals surface area (Å²) in [5.41, 5.74) is 0.810. The highest BCUT2D eigenvalue weighted by atomic mass is 16.5. The zero-order valence-electron chi connectivity index (χ0n) is 7.79. The molecule has 0 radical (unpaired) electrons.